The average molecular weight is 731 g/mol. The topological polar surface area (TPSA) is 103 Å². The smallest absolute Gasteiger partial charge is 0.282 e. The number of carbonyl (C=O) groups excluding carboxylic acids is 2. The monoisotopic (exact) mass is 729 g/mol. The Bertz CT molecular complexity index is 1710. The minimum absolute atomic E-state index is 0.136. The first kappa shape index (κ1) is 33.9. The number of benzene rings is 2. The van der Waals surface area contributed by atoms with Crippen LogP contribution >= 0.6 is 15.9 Å². The lowest BCUT2D eigenvalue weighted by atomic mass is 9.71. The molecule has 1 spiro atoms. The number of piperidine rings is 4. The third-order valence-electron chi connectivity index (χ3n) is 11.6. The van der Waals surface area contributed by atoms with Gasteiger partial charge in [-0.05, 0) is 115 Å². The minimum atomic E-state index is -0.227. The number of carbonyl (C=O) groups is 2. The molecule has 4 aliphatic heterocycles. The van der Waals surface area contributed by atoms with Gasteiger partial charge >= 0.3 is 0 Å². The van der Waals surface area contributed by atoms with Crippen molar-refractivity contribution in [3.05, 3.63) is 86.2 Å². The third kappa shape index (κ3) is 7.64. The largest absolute Gasteiger partial charge is 0.379 e. The fourth-order valence-electron chi connectivity index (χ4n) is 8.50. The number of hydrogen-bond donors (Lipinski definition) is 2. The average Bonchev–Trinajstić information content (AvgIpc) is 3.10. The van der Waals surface area contributed by atoms with E-state index in [2.05, 4.69) is 102 Å². The summed E-state index contributed by atoms with van der Waals surface area (Å²) in [4.78, 5) is 43.7. The van der Waals surface area contributed by atoms with Crippen molar-refractivity contribution < 1.29 is 9.59 Å². The molecule has 5 heterocycles. The van der Waals surface area contributed by atoms with Gasteiger partial charge in [-0.3, -0.25) is 24.6 Å². The Morgan fingerprint density at radius 2 is 1.57 bits per heavy atom. The molecule has 2 aromatic carbocycles. The first-order valence-electron chi connectivity index (χ1n) is 17.8. The quantitative estimate of drug-likeness (QED) is 0.333. The van der Waals surface area contributed by atoms with E-state index >= 15 is 0 Å². The predicted molar refractivity (Wildman–Crippen MR) is 196 cm³/mol. The first-order chi connectivity index (χ1) is 23.6. The maximum Gasteiger partial charge on any atom is 0.282 e. The molecule has 10 nitrogen and oxygen atoms in total. The maximum absolute atomic E-state index is 12.3. The number of aryl methyl sites for hydroxylation is 1. The van der Waals surface area contributed by atoms with Gasteiger partial charge in [-0.2, -0.15) is 5.10 Å². The molecule has 4 saturated heterocycles. The number of likely N-dealkylation sites (N-methyl/N-ethyl adjacent to an activating group) is 1. The molecule has 2 amide bonds. The van der Waals surface area contributed by atoms with Gasteiger partial charge in [-0.1, -0.05) is 36.4 Å². The lowest BCUT2D eigenvalue weighted by Crippen LogP contribution is -2.46. The minimum Gasteiger partial charge on any atom is -0.379 e. The standard InChI is InChI=1S/C38H48BrN7O3/c1-43-24-29(21-30(25-43)41-33-22-40-44(2)37(49)35(33)39)27-5-3-26(4-6-27)23-45-17-13-38(14-18-45)15-19-46(20-16-38)31-9-7-28(8-10-31)32-11-12-34(47)42-36(32)48/h3-10,22,29-30,32,41H,11-21,23-25H2,1-2H3,(H,42,47,48)/t29-,30+,32?/m1/s1. The second-order valence-corrected chi connectivity index (χ2v) is 15.7. The lowest BCUT2D eigenvalue weighted by molar-refractivity contribution is -0.134. The van der Waals surface area contributed by atoms with E-state index in [1.807, 2.05) is 0 Å². The third-order valence-corrected chi connectivity index (χ3v) is 12.3. The summed E-state index contributed by atoms with van der Waals surface area (Å²) >= 11 is 3.46. The van der Waals surface area contributed by atoms with Gasteiger partial charge in [0.25, 0.3) is 5.56 Å². The van der Waals surface area contributed by atoms with Crippen molar-refractivity contribution >= 4 is 39.1 Å². The summed E-state index contributed by atoms with van der Waals surface area (Å²) < 4.78 is 1.87. The Morgan fingerprint density at radius 3 is 2.27 bits per heavy atom. The summed E-state index contributed by atoms with van der Waals surface area (Å²) in [6, 6.07) is 18.0. The highest BCUT2D eigenvalue weighted by Crippen LogP contribution is 2.42. The van der Waals surface area contributed by atoms with Gasteiger partial charge in [0.05, 0.1) is 17.8 Å². The van der Waals surface area contributed by atoms with E-state index in [1.54, 1.807) is 13.2 Å². The fourth-order valence-corrected chi connectivity index (χ4v) is 8.98. The second-order valence-electron chi connectivity index (χ2n) is 14.9. The van der Waals surface area contributed by atoms with E-state index < -0.39 is 0 Å². The Hall–Kier alpha value is -3.54. The van der Waals surface area contributed by atoms with Crippen molar-refractivity contribution in [3.8, 4) is 0 Å². The molecule has 7 rings (SSSR count). The van der Waals surface area contributed by atoms with E-state index in [0.717, 1.165) is 63.5 Å². The van der Waals surface area contributed by atoms with Crippen LogP contribution in [-0.2, 0) is 23.2 Å². The van der Waals surface area contributed by atoms with Gasteiger partial charge in [0.1, 0.15) is 4.47 Å². The molecular weight excluding hydrogens is 682 g/mol. The van der Waals surface area contributed by atoms with Crippen LogP contribution < -0.4 is 21.1 Å². The van der Waals surface area contributed by atoms with Gasteiger partial charge in [-0.15, -0.1) is 0 Å². The number of aromatic nitrogens is 2. The molecule has 0 bridgehead atoms. The van der Waals surface area contributed by atoms with Crippen molar-refractivity contribution in [3.63, 3.8) is 0 Å². The summed E-state index contributed by atoms with van der Waals surface area (Å²) in [6.07, 6.45) is 8.70. The molecule has 11 heteroatoms. The molecule has 2 N–H and O–H groups in total. The Morgan fingerprint density at radius 1 is 0.898 bits per heavy atom. The van der Waals surface area contributed by atoms with Gasteiger partial charge in [0, 0.05) is 57.9 Å². The first-order valence-corrected chi connectivity index (χ1v) is 18.6. The maximum atomic E-state index is 12.3. The van der Waals surface area contributed by atoms with E-state index in [0.29, 0.717) is 28.6 Å². The number of nitrogens with zero attached hydrogens (tertiary/aromatic N) is 5. The molecule has 1 unspecified atom stereocenters. The number of likely N-dealkylation sites (tertiary alicyclic amines) is 2. The van der Waals surface area contributed by atoms with E-state index in [4.69, 9.17) is 0 Å². The molecule has 0 radical (unpaired) electrons. The SMILES string of the molecule is CN1C[C@@H](Nc2cnn(C)c(=O)c2Br)C[C@@H](c2ccc(CN3CCC4(CC3)CCN(c3ccc(C5CCC(=O)NC5=O)cc3)CC4)cc2)C1. The number of amides is 2. The highest BCUT2D eigenvalue weighted by Gasteiger charge is 2.38. The summed E-state index contributed by atoms with van der Waals surface area (Å²) in [5, 5.41) is 10.2. The summed E-state index contributed by atoms with van der Waals surface area (Å²) in [7, 11) is 3.83. The lowest BCUT2D eigenvalue weighted by Gasteiger charge is -2.47. The predicted octanol–water partition coefficient (Wildman–Crippen LogP) is 4.85. The van der Waals surface area contributed by atoms with Crippen molar-refractivity contribution in [2.24, 2.45) is 12.5 Å². The van der Waals surface area contributed by atoms with Crippen LogP contribution in [0.15, 0.2) is 64.0 Å². The normalized spacial score (nSPS) is 25.0. The molecule has 4 aliphatic rings. The number of anilines is 2. The van der Waals surface area contributed by atoms with Crippen LogP contribution in [0.4, 0.5) is 11.4 Å². The number of rotatable bonds is 7. The highest BCUT2D eigenvalue weighted by atomic mass is 79.9. The van der Waals surface area contributed by atoms with Crippen molar-refractivity contribution in [1.29, 1.82) is 0 Å². The molecule has 260 valence electrons. The molecule has 0 aliphatic carbocycles. The van der Waals surface area contributed by atoms with Gasteiger partial charge in [0.2, 0.25) is 11.8 Å². The number of halogens is 1. The molecule has 3 atom stereocenters. The summed E-state index contributed by atoms with van der Waals surface area (Å²) in [6.45, 7) is 7.39. The van der Waals surface area contributed by atoms with Crippen LogP contribution in [0.1, 0.15) is 73.5 Å². The van der Waals surface area contributed by atoms with Crippen molar-refractivity contribution in [1.82, 2.24) is 24.9 Å². The zero-order valence-electron chi connectivity index (χ0n) is 28.7. The number of nitrogens with one attached hydrogen (secondary N) is 2. The van der Waals surface area contributed by atoms with E-state index in [1.165, 1.54) is 47.2 Å². The Balaban J connectivity index is 0.879. The van der Waals surface area contributed by atoms with Crippen molar-refractivity contribution in [2.45, 2.75) is 69.4 Å². The van der Waals surface area contributed by atoms with Crippen LogP contribution in [0.25, 0.3) is 0 Å². The van der Waals surface area contributed by atoms with Crippen LogP contribution in [0.5, 0.6) is 0 Å². The summed E-state index contributed by atoms with van der Waals surface area (Å²) in [5.41, 5.74) is 6.04. The Labute approximate surface area is 297 Å². The molecule has 1 aromatic heterocycles. The molecule has 3 aromatic rings. The van der Waals surface area contributed by atoms with Gasteiger partial charge in [-0.25, -0.2) is 4.68 Å². The molecule has 49 heavy (non-hydrogen) atoms. The molecule has 4 fully saturated rings. The fraction of sp³-hybridized carbons (Fsp3) is 0.526. The van der Waals surface area contributed by atoms with Crippen LogP contribution in [0.3, 0.4) is 0 Å². The highest BCUT2D eigenvalue weighted by molar-refractivity contribution is 9.10. The van der Waals surface area contributed by atoms with Crippen molar-refractivity contribution in [2.75, 3.05) is 56.5 Å². The van der Waals surface area contributed by atoms with Gasteiger partial charge in [0.15, 0.2) is 0 Å². The van der Waals surface area contributed by atoms with Crippen LogP contribution in [-0.4, -0.2) is 83.8 Å². The van der Waals surface area contributed by atoms with Crippen LogP contribution in [0.2, 0.25) is 0 Å². The van der Waals surface area contributed by atoms with E-state index in [-0.39, 0.29) is 29.3 Å². The van der Waals surface area contributed by atoms with Crippen LogP contribution in [0, 0.1) is 5.41 Å². The molecule has 0 saturated carbocycles. The number of imide groups is 1. The second kappa shape index (κ2) is 14.4. The van der Waals surface area contributed by atoms with Gasteiger partial charge < -0.3 is 15.1 Å². The zero-order chi connectivity index (χ0) is 34.1. The Kier molecular flexibility index (Phi) is 9.95. The number of hydrogen-bond acceptors (Lipinski definition) is 8. The molecular formula is C38H48BrN7O3. The van der Waals surface area contributed by atoms with E-state index in [9.17, 15) is 14.4 Å². The summed E-state index contributed by atoms with van der Waals surface area (Å²) in [5.74, 6) is -0.143. The zero-order valence-corrected chi connectivity index (χ0v) is 30.3.